The third-order valence-corrected chi connectivity index (χ3v) is 2.96. The lowest BCUT2D eigenvalue weighted by Crippen LogP contribution is -2.40. The van der Waals surface area contributed by atoms with Crippen LogP contribution in [0, 0.1) is 12.8 Å². The fourth-order valence-electron chi connectivity index (χ4n) is 1.44. The van der Waals surface area contributed by atoms with Crippen molar-refractivity contribution in [2.75, 3.05) is 5.32 Å². The molecule has 1 aromatic carbocycles. The second kappa shape index (κ2) is 5.66. The summed E-state index contributed by atoms with van der Waals surface area (Å²) in [5.41, 5.74) is 7.74. The van der Waals surface area contributed by atoms with Crippen LogP contribution in [-0.2, 0) is 4.79 Å². The Morgan fingerprint density at radius 2 is 2.06 bits per heavy atom. The number of nitrogens with two attached hydrogens (primary N) is 1. The smallest absolute Gasteiger partial charge is 0.241 e. The molecule has 88 valence electrons. The van der Waals surface area contributed by atoms with E-state index in [0.29, 0.717) is 0 Å². The number of amides is 1. The van der Waals surface area contributed by atoms with Crippen LogP contribution in [0.15, 0.2) is 24.3 Å². The van der Waals surface area contributed by atoms with Gasteiger partial charge in [0.1, 0.15) is 0 Å². The van der Waals surface area contributed by atoms with Crippen molar-refractivity contribution >= 4 is 11.6 Å². The maximum absolute atomic E-state index is 11.8. The lowest BCUT2D eigenvalue weighted by molar-refractivity contribution is -0.118. The van der Waals surface area contributed by atoms with E-state index in [9.17, 15) is 4.79 Å². The first-order chi connectivity index (χ1) is 7.56. The lowest BCUT2D eigenvalue weighted by Gasteiger charge is -2.18. The minimum absolute atomic E-state index is 0.108. The van der Waals surface area contributed by atoms with Gasteiger partial charge in [0.25, 0.3) is 0 Å². The zero-order valence-corrected chi connectivity index (χ0v) is 10.2. The summed E-state index contributed by atoms with van der Waals surface area (Å²) in [6.45, 7) is 5.98. The molecule has 3 heteroatoms. The number of rotatable bonds is 4. The Morgan fingerprint density at radius 3 is 2.62 bits per heavy atom. The van der Waals surface area contributed by atoms with Crippen LogP contribution >= 0.6 is 0 Å². The Bertz CT molecular complexity index is 363. The van der Waals surface area contributed by atoms with Crippen molar-refractivity contribution in [1.29, 1.82) is 0 Å². The van der Waals surface area contributed by atoms with Crippen LogP contribution in [0.3, 0.4) is 0 Å². The van der Waals surface area contributed by atoms with Gasteiger partial charge < -0.3 is 11.1 Å². The number of benzene rings is 1. The van der Waals surface area contributed by atoms with Gasteiger partial charge in [0.2, 0.25) is 5.91 Å². The molecule has 0 saturated carbocycles. The number of hydrogen-bond acceptors (Lipinski definition) is 2. The van der Waals surface area contributed by atoms with E-state index in [1.54, 1.807) is 0 Å². The maximum atomic E-state index is 11.8. The highest BCUT2D eigenvalue weighted by Crippen LogP contribution is 2.14. The van der Waals surface area contributed by atoms with E-state index >= 15 is 0 Å². The first-order valence-corrected chi connectivity index (χ1v) is 5.68. The Labute approximate surface area is 97.0 Å². The fraction of sp³-hybridized carbons (Fsp3) is 0.462. The second-order valence-electron chi connectivity index (χ2n) is 4.22. The first-order valence-electron chi connectivity index (χ1n) is 5.68. The molecule has 0 radical (unpaired) electrons. The molecule has 16 heavy (non-hydrogen) atoms. The highest BCUT2D eigenvalue weighted by Gasteiger charge is 2.19. The maximum Gasteiger partial charge on any atom is 0.241 e. The van der Waals surface area contributed by atoms with Gasteiger partial charge in [-0.2, -0.15) is 0 Å². The topological polar surface area (TPSA) is 55.1 Å². The third kappa shape index (κ3) is 3.07. The van der Waals surface area contributed by atoms with Crippen LogP contribution in [0.1, 0.15) is 25.8 Å². The number of carbonyl (C=O) groups excluding carboxylic acids is 1. The largest absolute Gasteiger partial charge is 0.324 e. The summed E-state index contributed by atoms with van der Waals surface area (Å²) < 4.78 is 0. The number of anilines is 1. The van der Waals surface area contributed by atoms with E-state index in [4.69, 9.17) is 5.73 Å². The van der Waals surface area contributed by atoms with E-state index in [1.807, 2.05) is 45.0 Å². The van der Waals surface area contributed by atoms with Crippen molar-refractivity contribution in [2.24, 2.45) is 11.7 Å². The standard InChI is InChI=1S/C13H20N2O/c1-4-9(2)12(14)13(16)15-11-8-6-5-7-10(11)3/h5-9,12H,4,14H2,1-3H3,(H,15,16)/t9?,12-/m0/s1. The quantitative estimate of drug-likeness (QED) is 0.818. The van der Waals surface area contributed by atoms with E-state index in [-0.39, 0.29) is 11.8 Å². The van der Waals surface area contributed by atoms with E-state index in [0.717, 1.165) is 17.7 Å². The van der Waals surface area contributed by atoms with Crippen molar-refractivity contribution in [3.8, 4) is 0 Å². The molecule has 0 fully saturated rings. The summed E-state index contributed by atoms with van der Waals surface area (Å²) in [7, 11) is 0. The van der Waals surface area contributed by atoms with Gasteiger partial charge in [-0.1, -0.05) is 38.5 Å². The van der Waals surface area contributed by atoms with Gasteiger partial charge in [-0.15, -0.1) is 0 Å². The molecule has 1 rings (SSSR count). The molecule has 0 aromatic heterocycles. The highest BCUT2D eigenvalue weighted by molar-refractivity contribution is 5.95. The van der Waals surface area contributed by atoms with Crippen LogP contribution in [0.2, 0.25) is 0 Å². The summed E-state index contributed by atoms with van der Waals surface area (Å²) in [6.07, 6.45) is 0.905. The minimum atomic E-state index is -0.440. The summed E-state index contributed by atoms with van der Waals surface area (Å²) in [5, 5.41) is 2.86. The zero-order chi connectivity index (χ0) is 12.1. The van der Waals surface area contributed by atoms with Gasteiger partial charge in [0.05, 0.1) is 6.04 Å². The molecule has 0 spiro atoms. The molecule has 1 aromatic rings. The molecular formula is C13H20N2O. The number of para-hydroxylation sites is 1. The van der Waals surface area contributed by atoms with Crippen LogP contribution in [0.4, 0.5) is 5.69 Å². The predicted molar refractivity (Wildman–Crippen MR) is 67.2 cm³/mol. The Kier molecular flexibility index (Phi) is 4.50. The van der Waals surface area contributed by atoms with Crippen molar-refractivity contribution in [1.82, 2.24) is 0 Å². The molecule has 1 amide bonds. The second-order valence-corrected chi connectivity index (χ2v) is 4.22. The van der Waals surface area contributed by atoms with Crippen molar-refractivity contribution in [3.63, 3.8) is 0 Å². The number of aryl methyl sites for hydroxylation is 1. The average molecular weight is 220 g/mol. The monoisotopic (exact) mass is 220 g/mol. The minimum Gasteiger partial charge on any atom is -0.324 e. The predicted octanol–water partition coefficient (Wildman–Crippen LogP) is 2.31. The van der Waals surface area contributed by atoms with Crippen LogP contribution in [0.5, 0.6) is 0 Å². The normalized spacial score (nSPS) is 14.2. The molecule has 0 heterocycles. The molecule has 0 bridgehead atoms. The van der Waals surface area contributed by atoms with Crippen molar-refractivity contribution < 1.29 is 4.79 Å². The molecule has 0 aliphatic carbocycles. The number of carbonyl (C=O) groups is 1. The Hall–Kier alpha value is -1.35. The fourth-order valence-corrected chi connectivity index (χ4v) is 1.44. The summed E-state index contributed by atoms with van der Waals surface area (Å²) >= 11 is 0. The first kappa shape index (κ1) is 12.7. The van der Waals surface area contributed by atoms with E-state index in [2.05, 4.69) is 5.32 Å². The van der Waals surface area contributed by atoms with Gasteiger partial charge in [-0.05, 0) is 24.5 Å². The summed E-state index contributed by atoms with van der Waals surface area (Å²) in [5.74, 6) is 0.0904. The highest BCUT2D eigenvalue weighted by atomic mass is 16.2. The lowest BCUT2D eigenvalue weighted by atomic mass is 9.99. The van der Waals surface area contributed by atoms with Gasteiger partial charge in [0, 0.05) is 5.69 Å². The molecule has 0 saturated heterocycles. The Balaban J connectivity index is 2.68. The van der Waals surface area contributed by atoms with Gasteiger partial charge in [0.15, 0.2) is 0 Å². The van der Waals surface area contributed by atoms with E-state index in [1.165, 1.54) is 0 Å². The third-order valence-electron chi connectivity index (χ3n) is 2.96. The molecule has 2 atom stereocenters. The van der Waals surface area contributed by atoms with Crippen LogP contribution in [0.25, 0.3) is 0 Å². The molecular weight excluding hydrogens is 200 g/mol. The molecule has 1 unspecified atom stereocenters. The summed E-state index contributed by atoms with van der Waals surface area (Å²) in [6, 6.07) is 7.25. The summed E-state index contributed by atoms with van der Waals surface area (Å²) in [4.78, 5) is 11.8. The molecule has 0 aliphatic rings. The Morgan fingerprint density at radius 1 is 1.44 bits per heavy atom. The van der Waals surface area contributed by atoms with Gasteiger partial charge in [-0.3, -0.25) is 4.79 Å². The molecule has 0 aliphatic heterocycles. The van der Waals surface area contributed by atoms with Crippen LogP contribution in [-0.4, -0.2) is 11.9 Å². The number of nitrogens with one attached hydrogen (secondary N) is 1. The molecule has 3 nitrogen and oxygen atoms in total. The van der Waals surface area contributed by atoms with Gasteiger partial charge >= 0.3 is 0 Å². The number of hydrogen-bond donors (Lipinski definition) is 2. The zero-order valence-electron chi connectivity index (χ0n) is 10.2. The van der Waals surface area contributed by atoms with Crippen LogP contribution < -0.4 is 11.1 Å². The van der Waals surface area contributed by atoms with E-state index < -0.39 is 6.04 Å². The van der Waals surface area contributed by atoms with Crippen molar-refractivity contribution in [2.45, 2.75) is 33.2 Å². The van der Waals surface area contributed by atoms with Crippen molar-refractivity contribution in [3.05, 3.63) is 29.8 Å². The average Bonchev–Trinajstić information content (AvgIpc) is 2.30. The van der Waals surface area contributed by atoms with Gasteiger partial charge in [-0.25, -0.2) is 0 Å². The molecule has 3 N–H and O–H groups in total. The SMILES string of the molecule is CCC(C)[C@H](N)C(=O)Nc1ccccc1C.